The minimum atomic E-state index is -4.52. The first-order valence-corrected chi connectivity index (χ1v) is 12.2. The van der Waals surface area contributed by atoms with Crippen LogP contribution in [0.1, 0.15) is 39.6 Å². The van der Waals surface area contributed by atoms with Crippen molar-refractivity contribution in [3.8, 4) is 0 Å². The van der Waals surface area contributed by atoms with E-state index in [9.17, 15) is 22.8 Å². The van der Waals surface area contributed by atoms with Gasteiger partial charge in [-0.1, -0.05) is 23.7 Å². The average Bonchev–Trinajstić information content (AvgIpc) is 3.52. The van der Waals surface area contributed by atoms with Crippen molar-refractivity contribution in [2.75, 3.05) is 26.8 Å². The zero-order valence-corrected chi connectivity index (χ0v) is 21.5. The molecular weight excluding hydrogens is 521 g/mol. The zero-order chi connectivity index (χ0) is 27.4. The Bertz CT molecular complexity index is 1320. The van der Waals surface area contributed by atoms with E-state index in [4.69, 9.17) is 16.3 Å². The Labute approximate surface area is 223 Å². The molecule has 1 atom stereocenters. The van der Waals surface area contributed by atoms with E-state index in [-0.39, 0.29) is 25.3 Å². The summed E-state index contributed by atoms with van der Waals surface area (Å²) in [6.45, 7) is -0.134. The molecule has 0 saturated heterocycles. The molecule has 1 aliphatic rings. The molecule has 0 fully saturated rings. The standard InChI is InChI=1S/C27H26ClF3N4O3/c1-33-13-3-4-23(33)22-16-24(18-7-11-21(28)12-8-18)35(32-22)25(36)17-34(14-15-38-2)26(37)19-5-9-20(10-6-19)27(29,30)31/h3-13,24H,14-17H2,1-2H3/t24-/m0/s1. The summed E-state index contributed by atoms with van der Waals surface area (Å²) in [5.74, 6) is -1.02. The van der Waals surface area contributed by atoms with Gasteiger partial charge in [0.15, 0.2) is 0 Å². The van der Waals surface area contributed by atoms with E-state index in [0.29, 0.717) is 17.2 Å². The molecule has 0 radical (unpaired) electrons. The lowest BCUT2D eigenvalue weighted by Gasteiger charge is -2.27. The first kappa shape index (κ1) is 27.4. The number of benzene rings is 2. The summed E-state index contributed by atoms with van der Waals surface area (Å²) in [4.78, 5) is 28.1. The molecule has 38 heavy (non-hydrogen) atoms. The normalized spacial score (nSPS) is 15.5. The molecule has 0 aliphatic carbocycles. The first-order chi connectivity index (χ1) is 18.1. The highest BCUT2D eigenvalue weighted by Crippen LogP contribution is 2.34. The van der Waals surface area contributed by atoms with E-state index >= 15 is 0 Å². The molecule has 1 aromatic heterocycles. The number of methoxy groups -OCH3 is 1. The molecule has 2 heterocycles. The highest BCUT2D eigenvalue weighted by Gasteiger charge is 2.35. The summed E-state index contributed by atoms with van der Waals surface area (Å²) < 4.78 is 45.9. The number of aryl methyl sites for hydroxylation is 1. The van der Waals surface area contributed by atoms with E-state index in [1.54, 1.807) is 12.1 Å². The SMILES string of the molecule is COCCN(CC(=O)N1N=C(c2cccn2C)C[C@H]1c1ccc(Cl)cc1)C(=O)c1ccc(C(F)(F)F)cc1. The van der Waals surface area contributed by atoms with Crippen LogP contribution in [0.5, 0.6) is 0 Å². The number of alkyl halides is 3. The van der Waals surface area contributed by atoms with Crippen LogP contribution in [0.25, 0.3) is 0 Å². The number of nitrogens with zero attached hydrogens (tertiary/aromatic N) is 4. The maximum absolute atomic E-state index is 13.6. The lowest BCUT2D eigenvalue weighted by Crippen LogP contribution is -2.42. The second-order valence-electron chi connectivity index (χ2n) is 8.86. The number of halogens is 4. The number of rotatable bonds is 8. The maximum Gasteiger partial charge on any atom is 0.416 e. The first-order valence-electron chi connectivity index (χ1n) is 11.8. The Kier molecular flexibility index (Phi) is 8.23. The number of hydrogen-bond acceptors (Lipinski definition) is 4. The molecule has 2 aromatic carbocycles. The fraction of sp³-hybridized carbons (Fsp3) is 0.296. The third-order valence-electron chi connectivity index (χ3n) is 6.30. The molecule has 3 aromatic rings. The fourth-order valence-electron chi connectivity index (χ4n) is 4.27. The number of carbonyl (C=O) groups is 2. The van der Waals surface area contributed by atoms with Gasteiger partial charge in [-0.05, 0) is 54.1 Å². The number of hydrazone groups is 1. The van der Waals surface area contributed by atoms with Gasteiger partial charge in [0, 0.05) is 43.9 Å². The summed E-state index contributed by atoms with van der Waals surface area (Å²) in [5, 5.41) is 6.55. The molecule has 2 amide bonds. The van der Waals surface area contributed by atoms with Crippen molar-refractivity contribution in [2.24, 2.45) is 12.1 Å². The third-order valence-corrected chi connectivity index (χ3v) is 6.55. The van der Waals surface area contributed by atoms with Crippen LogP contribution >= 0.6 is 11.6 Å². The fourth-order valence-corrected chi connectivity index (χ4v) is 4.40. The molecule has 11 heteroatoms. The van der Waals surface area contributed by atoms with Gasteiger partial charge in [-0.25, -0.2) is 5.01 Å². The molecule has 0 saturated carbocycles. The van der Waals surface area contributed by atoms with Gasteiger partial charge < -0.3 is 14.2 Å². The Balaban J connectivity index is 1.60. The summed E-state index contributed by atoms with van der Waals surface area (Å²) in [5.41, 5.74) is 1.57. The minimum Gasteiger partial charge on any atom is -0.383 e. The van der Waals surface area contributed by atoms with Crippen LogP contribution in [0.3, 0.4) is 0 Å². The molecule has 0 N–H and O–H groups in total. The number of hydrogen-bond donors (Lipinski definition) is 0. The summed E-state index contributed by atoms with van der Waals surface area (Å²) >= 11 is 6.06. The zero-order valence-electron chi connectivity index (χ0n) is 20.8. The quantitative estimate of drug-likeness (QED) is 0.392. The lowest BCUT2D eigenvalue weighted by molar-refractivity contribution is -0.137. The molecule has 7 nitrogen and oxygen atoms in total. The van der Waals surface area contributed by atoms with Gasteiger partial charge in [0.25, 0.3) is 11.8 Å². The van der Waals surface area contributed by atoms with Crippen molar-refractivity contribution in [2.45, 2.75) is 18.6 Å². The summed E-state index contributed by atoms with van der Waals surface area (Å²) in [6.07, 6.45) is -2.18. The van der Waals surface area contributed by atoms with Crippen LogP contribution in [0.15, 0.2) is 72.0 Å². The molecule has 4 rings (SSSR count). The highest BCUT2D eigenvalue weighted by molar-refractivity contribution is 6.30. The van der Waals surface area contributed by atoms with Gasteiger partial charge in [-0.2, -0.15) is 18.3 Å². The van der Waals surface area contributed by atoms with Crippen LogP contribution < -0.4 is 0 Å². The van der Waals surface area contributed by atoms with Crippen molar-refractivity contribution >= 4 is 29.1 Å². The second kappa shape index (κ2) is 11.4. The Morgan fingerprint density at radius 1 is 1.11 bits per heavy atom. The third kappa shape index (κ3) is 6.08. The van der Waals surface area contributed by atoms with Crippen molar-refractivity contribution in [3.63, 3.8) is 0 Å². The molecule has 0 unspecified atom stereocenters. The monoisotopic (exact) mass is 546 g/mol. The van der Waals surface area contributed by atoms with Gasteiger partial charge in [-0.15, -0.1) is 0 Å². The van der Waals surface area contributed by atoms with Crippen LogP contribution in [-0.2, 0) is 22.8 Å². The minimum absolute atomic E-state index is 0.0329. The predicted molar refractivity (Wildman–Crippen MR) is 137 cm³/mol. The molecule has 0 bridgehead atoms. The molecule has 200 valence electrons. The van der Waals surface area contributed by atoms with Crippen LogP contribution in [0, 0.1) is 0 Å². The van der Waals surface area contributed by atoms with Gasteiger partial charge in [0.1, 0.15) is 6.54 Å². The van der Waals surface area contributed by atoms with E-state index < -0.39 is 29.6 Å². The summed E-state index contributed by atoms with van der Waals surface area (Å²) in [7, 11) is 3.34. The molecular formula is C27H26ClF3N4O3. The van der Waals surface area contributed by atoms with Crippen molar-refractivity contribution in [1.29, 1.82) is 0 Å². The predicted octanol–water partition coefficient (Wildman–Crippen LogP) is 5.16. The largest absolute Gasteiger partial charge is 0.416 e. The summed E-state index contributed by atoms with van der Waals surface area (Å²) in [6, 6.07) is 14.4. The van der Waals surface area contributed by atoms with Crippen LogP contribution in [0.4, 0.5) is 13.2 Å². The van der Waals surface area contributed by atoms with Crippen LogP contribution in [0.2, 0.25) is 5.02 Å². The maximum atomic E-state index is 13.6. The number of amides is 2. The van der Waals surface area contributed by atoms with Gasteiger partial charge in [0.05, 0.1) is 29.6 Å². The Morgan fingerprint density at radius 2 is 1.79 bits per heavy atom. The van der Waals surface area contributed by atoms with E-state index in [1.165, 1.54) is 17.0 Å². The molecule has 1 aliphatic heterocycles. The van der Waals surface area contributed by atoms with E-state index in [2.05, 4.69) is 5.10 Å². The van der Waals surface area contributed by atoms with Gasteiger partial charge in [-0.3, -0.25) is 9.59 Å². The molecule has 0 spiro atoms. The van der Waals surface area contributed by atoms with E-state index in [0.717, 1.165) is 35.5 Å². The van der Waals surface area contributed by atoms with Crippen molar-refractivity contribution < 1.29 is 27.5 Å². The Morgan fingerprint density at radius 3 is 2.37 bits per heavy atom. The smallest absolute Gasteiger partial charge is 0.383 e. The van der Waals surface area contributed by atoms with Crippen molar-refractivity contribution in [3.05, 3.63) is 94.3 Å². The van der Waals surface area contributed by atoms with Gasteiger partial charge in [0.2, 0.25) is 0 Å². The van der Waals surface area contributed by atoms with E-state index in [1.807, 2.05) is 42.1 Å². The van der Waals surface area contributed by atoms with Gasteiger partial charge >= 0.3 is 6.18 Å². The number of carbonyl (C=O) groups excluding carboxylic acids is 2. The number of ether oxygens (including phenoxy) is 1. The number of aromatic nitrogens is 1. The second-order valence-corrected chi connectivity index (χ2v) is 9.29. The average molecular weight is 547 g/mol. The lowest BCUT2D eigenvalue weighted by atomic mass is 10.0. The van der Waals surface area contributed by atoms with Crippen LogP contribution in [-0.4, -0.2) is 58.8 Å². The topological polar surface area (TPSA) is 67.1 Å². The Hall–Kier alpha value is -3.63. The van der Waals surface area contributed by atoms with Crippen molar-refractivity contribution in [1.82, 2.24) is 14.5 Å². The highest BCUT2D eigenvalue weighted by atomic mass is 35.5.